The van der Waals surface area contributed by atoms with Crippen LogP contribution in [0.3, 0.4) is 0 Å². The molecule has 140 valence electrons. The zero-order valence-electron chi connectivity index (χ0n) is 14.4. The number of likely N-dealkylation sites (tertiary alicyclic amines) is 1. The Morgan fingerprint density at radius 2 is 2.12 bits per heavy atom. The van der Waals surface area contributed by atoms with Crippen molar-refractivity contribution in [2.24, 2.45) is 5.92 Å². The lowest BCUT2D eigenvalue weighted by Crippen LogP contribution is -2.38. The Morgan fingerprint density at radius 1 is 1.27 bits per heavy atom. The molecule has 0 aromatic heterocycles. The van der Waals surface area contributed by atoms with Crippen LogP contribution in [0.1, 0.15) is 24.8 Å². The molecule has 2 aliphatic heterocycles. The second-order valence-corrected chi connectivity index (χ2v) is 6.62. The summed E-state index contributed by atoms with van der Waals surface area (Å²) in [6.07, 6.45) is 1.71. The Labute approximate surface area is 151 Å². The lowest BCUT2D eigenvalue weighted by atomic mass is 10.1. The molecule has 2 unspecified atom stereocenters. The third-order valence-electron chi connectivity index (χ3n) is 4.69. The molecule has 3 amide bonds. The molecule has 1 aromatic carbocycles. The van der Waals surface area contributed by atoms with Crippen LogP contribution in [-0.2, 0) is 20.9 Å². The summed E-state index contributed by atoms with van der Waals surface area (Å²) in [6, 6.07) is 6.98. The highest BCUT2D eigenvalue weighted by Gasteiger charge is 2.30. The molecule has 0 radical (unpaired) electrons. The van der Waals surface area contributed by atoms with E-state index in [9.17, 15) is 14.4 Å². The van der Waals surface area contributed by atoms with Crippen molar-refractivity contribution < 1.29 is 24.2 Å². The summed E-state index contributed by atoms with van der Waals surface area (Å²) in [5.74, 6) is -1.51. The SMILES string of the molecule is O=C(O)C1CCN(C(=O)NCc2cccc(NC(=O)C3CCCO3)c2)C1. The van der Waals surface area contributed by atoms with Crippen molar-refractivity contribution >= 4 is 23.6 Å². The zero-order valence-corrected chi connectivity index (χ0v) is 14.4. The number of anilines is 1. The number of hydrogen-bond acceptors (Lipinski definition) is 4. The first-order chi connectivity index (χ1) is 12.5. The Bertz CT molecular complexity index is 687. The molecule has 8 nitrogen and oxygen atoms in total. The van der Waals surface area contributed by atoms with Crippen molar-refractivity contribution in [3.63, 3.8) is 0 Å². The molecule has 1 aromatic rings. The molecule has 2 aliphatic rings. The Kier molecular flexibility index (Phi) is 5.72. The van der Waals surface area contributed by atoms with Crippen molar-refractivity contribution in [3.8, 4) is 0 Å². The summed E-state index contributed by atoms with van der Waals surface area (Å²) in [5, 5.41) is 14.6. The van der Waals surface area contributed by atoms with Gasteiger partial charge in [0.2, 0.25) is 0 Å². The normalized spacial score (nSPS) is 22.2. The van der Waals surface area contributed by atoms with E-state index in [0.29, 0.717) is 31.8 Å². The van der Waals surface area contributed by atoms with Gasteiger partial charge in [-0.3, -0.25) is 9.59 Å². The van der Waals surface area contributed by atoms with E-state index in [2.05, 4.69) is 10.6 Å². The van der Waals surface area contributed by atoms with E-state index in [4.69, 9.17) is 9.84 Å². The Hall–Kier alpha value is -2.61. The van der Waals surface area contributed by atoms with E-state index < -0.39 is 18.0 Å². The number of carbonyl (C=O) groups is 3. The third-order valence-corrected chi connectivity index (χ3v) is 4.69. The molecule has 3 N–H and O–H groups in total. The number of amides is 3. The molecule has 0 saturated carbocycles. The van der Waals surface area contributed by atoms with Crippen LogP contribution in [0.25, 0.3) is 0 Å². The van der Waals surface area contributed by atoms with Gasteiger partial charge in [0.25, 0.3) is 5.91 Å². The highest BCUT2D eigenvalue weighted by Crippen LogP contribution is 2.18. The number of urea groups is 1. The quantitative estimate of drug-likeness (QED) is 0.735. The Balaban J connectivity index is 1.50. The van der Waals surface area contributed by atoms with Gasteiger partial charge in [0, 0.05) is 31.9 Å². The summed E-state index contributed by atoms with van der Waals surface area (Å²) in [4.78, 5) is 36.7. The number of nitrogens with zero attached hydrogens (tertiary/aromatic N) is 1. The number of nitrogens with one attached hydrogen (secondary N) is 2. The number of ether oxygens (including phenoxy) is 1. The molecule has 2 atom stereocenters. The van der Waals surface area contributed by atoms with Crippen molar-refractivity contribution in [2.75, 3.05) is 25.0 Å². The first-order valence-corrected chi connectivity index (χ1v) is 8.80. The highest BCUT2D eigenvalue weighted by molar-refractivity contribution is 5.94. The fourth-order valence-electron chi connectivity index (χ4n) is 3.20. The first-order valence-electron chi connectivity index (χ1n) is 8.80. The highest BCUT2D eigenvalue weighted by atomic mass is 16.5. The second-order valence-electron chi connectivity index (χ2n) is 6.62. The minimum Gasteiger partial charge on any atom is -0.481 e. The van der Waals surface area contributed by atoms with Gasteiger partial charge in [0.15, 0.2) is 0 Å². The van der Waals surface area contributed by atoms with Crippen LogP contribution in [0, 0.1) is 5.92 Å². The topological polar surface area (TPSA) is 108 Å². The van der Waals surface area contributed by atoms with Gasteiger partial charge in [-0.1, -0.05) is 12.1 Å². The molecule has 2 heterocycles. The van der Waals surface area contributed by atoms with Crippen LogP contribution in [0.2, 0.25) is 0 Å². The number of rotatable bonds is 5. The molecule has 0 spiro atoms. The van der Waals surface area contributed by atoms with Crippen LogP contribution in [-0.4, -0.2) is 53.7 Å². The predicted molar refractivity (Wildman–Crippen MR) is 93.6 cm³/mol. The van der Waals surface area contributed by atoms with Crippen molar-refractivity contribution in [1.29, 1.82) is 0 Å². The Morgan fingerprint density at radius 3 is 2.81 bits per heavy atom. The average molecular weight is 361 g/mol. The molecular formula is C18H23N3O5. The molecule has 0 aliphatic carbocycles. The lowest BCUT2D eigenvalue weighted by molar-refractivity contribution is -0.141. The van der Waals surface area contributed by atoms with Gasteiger partial charge in [0.05, 0.1) is 5.92 Å². The van der Waals surface area contributed by atoms with Gasteiger partial charge >= 0.3 is 12.0 Å². The number of hydrogen-bond donors (Lipinski definition) is 3. The maximum atomic E-state index is 12.2. The molecule has 8 heteroatoms. The molecule has 0 bridgehead atoms. The van der Waals surface area contributed by atoms with E-state index in [1.807, 2.05) is 12.1 Å². The first kappa shape index (κ1) is 18.2. The fraction of sp³-hybridized carbons (Fsp3) is 0.500. The van der Waals surface area contributed by atoms with Crippen LogP contribution < -0.4 is 10.6 Å². The van der Waals surface area contributed by atoms with Gasteiger partial charge < -0.3 is 25.4 Å². The summed E-state index contributed by atoms with van der Waals surface area (Å²) in [7, 11) is 0. The minimum absolute atomic E-state index is 0.152. The standard InChI is InChI=1S/C18H23N3O5/c22-16(15-5-2-8-26-15)20-14-4-1-3-12(9-14)10-19-18(25)21-7-6-13(11-21)17(23)24/h1,3-4,9,13,15H,2,5-8,10-11H2,(H,19,25)(H,20,22)(H,23,24). The summed E-state index contributed by atoms with van der Waals surface area (Å²) < 4.78 is 5.36. The van der Waals surface area contributed by atoms with E-state index in [1.165, 1.54) is 4.90 Å². The van der Waals surface area contributed by atoms with Crippen LogP contribution >= 0.6 is 0 Å². The van der Waals surface area contributed by atoms with Crippen molar-refractivity contribution in [2.45, 2.75) is 31.9 Å². The number of benzene rings is 1. The van der Waals surface area contributed by atoms with Gasteiger partial charge in [-0.05, 0) is 37.0 Å². The van der Waals surface area contributed by atoms with E-state index >= 15 is 0 Å². The number of carboxylic acids is 1. The number of carbonyl (C=O) groups excluding carboxylic acids is 2. The monoisotopic (exact) mass is 361 g/mol. The summed E-state index contributed by atoms with van der Waals surface area (Å²) in [5.41, 5.74) is 1.50. The zero-order chi connectivity index (χ0) is 18.5. The second kappa shape index (κ2) is 8.18. The van der Waals surface area contributed by atoms with Crippen molar-refractivity contribution in [1.82, 2.24) is 10.2 Å². The average Bonchev–Trinajstić information content (AvgIpc) is 3.31. The van der Waals surface area contributed by atoms with Gasteiger partial charge in [0.1, 0.15) is 6.10 Å². The van der Waals surface area contributed by atoms with E-state index in [0.717, 1.165) is 18.4 Å². The van der Waals surface area contributed by atoms with Gasteiger partial charge in [-0.25, -0.2) is 4.79 Å². The maximum absolute atomic E-state index is 12.2. The van der Waals surface area contributed by atoms with Crippen LogP contribution in [0.15, 0.2) is 24.3 Å². The molecule has 2 fully saturated rings. The maximum Gasteiger partial charge on any atom is 0.317 e. The molecular weight excluding hydrogens is 338 g/mol. The summed E-state index contributed by atoms with van der Waals surface area (Å²) >= 11 is 0. The minimum atomic E-state index is -0.866. The predicted octanol–water partition coefficient (Wildman–Crippen LogP) is 1.42. The molecule has 2 saturated heterocycles. The van der Waals surface area contributed by atoms with Crippen LogP contribution in [0.5, 0.6) is 0 Å². The number of aliphatic carboxylic acids is 1. The lowest BCUT2D eigenvalue weighted by Gasteiger charge is -2.17. The number of carboxylic acid groups (broad SMARTS) is 1. The van der Waals surface area contributed by atoms with Gasteiger partial charge in [-0.2, -0.15) is 0 Å². The largest absolute Gasteiger partial charge is 0.481 e. The summed E-state index contributed by atoms with van der Waals surface area (Å²) in [6.45, 7) is 1.60. The van der Waals surface area contributed by atoms with Gasteiger partial charge in [-0.15, -0.1) is 0 Å². The van der Waals surface area contributed by atoms with E-state index in [1.54, 1.807) is 12.1 Å². The van der Waals surface area contributed by atoms with E-state index in [-0.39, 0.29) is 18.5 Å². The third kappa shape index (κ3) is 4.51. The van der Waals surface area contributed by atoms with Crippen molar-refractivity contribution in [3.05, 3.63) is 29.8 Å². The van der Waals surface area contributed by atoms with Crippen LogP contribution in [0.4, 0.5) is 10.5 Å². The molecule has 26 heavy (non-hydrogen) atoms. The molecule has 3 rings (SSSR count). The smallest absolute Gasteiger partial charge is 0.317 e. The fourth-order valence-corrected chi connectivity index (χ4v) is 3.20.